The molecule has 7 heteroatoms. The zero-order valence-corrected chi connectivity index (χ0v) is 13.2. The molecule has 0 spiro atoms. The summed E-state index contributed by atoms with van der Waals surface area (Å²) in [5.74, 6) is 0.120. The second-order valence-electron chi connectivity index (χ2n) is 3.62. The largest absolute Gasteiger partial charge is 0.358 e. The van der Waals surface area contributed by atoms with Gasteiger partial charge in [-0.15, -0.1) is 0 Å². The first-order valence-corrected chi connectivity index (χ1v) is 7.67. The molecule has 0 saturated carbocycles. The van der Waals surface area contributed by atoms with Gasteiger partial charge in [-0.25, -0.2) is 4.98 Å². The van der Waals surface area contributed by atoms with E-state index in [0.717, 1.165) is 17.4 Å². The lowest BCUT2D eigenvalue weighted by Gasteiger charge is -2.20. The molecule has 104 valence electrons. The Kier molecular flexibility index (Phi) is 7.12. The summed E-state index contributed by atoms with van der Waals surface area (Å²) in [7, 11) is 0. The van der Waals surface area contributed by atoms with Gasteiger partial charge in [0.2, 0.25) is 5.91 Å². The van der Waals surface area contributed by atoms with E-state index >= 15 is 0 Å². The first kappa shape index (κ1) is 16.2. The zero-order chi connectivity index (χ0) is 14.3. The number of pyridine rings is 1. The summed E-state index contributed by atoms with van der Waals surface area (Å²) in [6.07, 6.45) is 1.57. The number of hydrogen-bond acceptors (Lipinski definition) is 4. The summed E-state index contributed by atoms with van der Waals surface area (Å²) in [6.45, 7) is 5.76. The second kappa shape index (κ2) is 8.35. The van der Waals surface area contributed by atoms with Crippen LogP contribution in [0.25, 0.3) is 0 Å². The molecular weight excluding hydrogens is 302 g/mol. The second-order valence-corrected chi connectivity index (χ2v) is 5.58. The van der Waals surface area contributed by atoms with Crippen molar-refractivity contribution in [2.75, 3.05) is 24.2 Å². The van der Waals surface area contributed by atoms with Crippen LogP contribution in [0, 0.1) is 0 Å². The first-order chi connectivity index (χ1) is 9.08. The van der Waals surface area contributed by atoms with Crippen molar-refractivity contribution < 1.29 is 4.79 Å². The van der Waals surface area contributed by atoms with E-state index in [1.165, 1.54) is 11.8 Å². The molecule has 1 aromatic heterocycles. The summed E-state index contributed by atoms with van der Waals surface area (Å²) in [5.41, 5.74) is 0.517. The number of carbonyl (C=O) groups is 1. The van der Waals surface area contributed by atoms with Crippen molar-refractivity contribution in [3.05, 3.63) is 23.5 Å². The minimum absolute atomic E-state index is 0.144. The lowest BCUT2D eigenvalue weighted by Crippen LogP contribution is -2.28. The Morgan fingerprint density at radius 3 is 2.79 bits per heavy atom. The van der Waals surface area contributed by atoms with Crippen LogP contribution in [0.1, 0.15) is 13.8 Å². The monoisotopic (exact) mass is 317 g/mol. The van der Waals surface area contributed by atoms with E-state index in [1.54, 1.807) is 18.3 Å². The Balaban J connectivity index is 2.44. The molecule has 0 radical (unpaired) electrons. The third kappa shape index (κ3) is 5.34. The molecule has 0 fully saturated rings. The van der Waals surface area contributed by atoms with E-state index < -0.39 is 0 Å². The average molecular weight is 318 g/mol. The number of aromatic nitrogens is 1. The molecule has 0 bridgehead atoms. The van der Waals surface area contributed by atoms with Gasteiger partial charge in [-0.2, -0.15) is 0 Å². The van der Waals surface area contributed by atoms with Crippen LogP contribution in [-0.4, -0.2) is 39.0 Å². The molecule has 19 heavy (non-hydrogen) atoms. The third-order valence-electron chi connectivity index (χ3n) is 2.38. The van der Waals surface area contributed by atoms with E-state index in [1.807, 2.05) is 18.7 Å². The number of amides is 1. The summed E-state index contributed by atoms with van der Waals surface area (Å²) in [4.78, 5) is 17.7. The predicted octanol–water partition coefficient (Wildman–Crippen LogP) is 3.03. The van der Waals surface area contributed by atoms with Gasteiger partial charge in [-0.3, -0.25) is 4.79 Å². The Morgan fingerprint density at radius 2 is 2.21 bits per heavy atom. The molecule has 4 nitrogen and oxygen atoms in total. The smallest absolute Gasteiger partial charge is 0.234 e. The lowest BCUT2D eigenvalue weighted by molar-refractivity contribution is -0.113. The minimum atomic E-state index is -0.144. The van der Waals surface area contributed by atoms with Crippen molar-refractivity contribution in [2.45, 2.75) is 13.8 Å². The van der Waals surface area contributed by atoms with Crippen molar-refractivity contribution in [3.8, 4) is 0 Å². The van der Waals surface area contributed by atoms with Gasteiger partial charge >= 0.3 is 0 Å². The summed E-state index contributed by atoms with van der Waals surface area (Å²) in [6, 6.07) is 3.43. The number of halogens is 1. The van der Waals surface area contributed by atoms with E-state index in [0.29, 0.717) is 5.69 Å². The fraction of sp³-hybridized carbons (Fsp3) is 0.417. The SMILES string of the molecule is CCN(CC)C(=S)SCC(=O)Nc1cccnc1Cl. The van der Waals surface area contributed by atoms with Gasteiger partial charge in [-0.05, 0) is 26.0 Å². The highest BCUT2D eigenvalue weighted by atomic mass is 35.5. The number of nitrogens with one attached hydrogen (secondary N) is 1. The van der Waals surface area contributed by atoms with Crippen LogP contribution < -0.4 is 5.32 Å². The van der Waals surface area contributed by atoms with Crippen molar-refractivity contribution >= 4 is 51.5 Å². The number of anilines is 1. The number of thiocarbonyl (C=S) groups is 1. The van der Waals surface area contributed by atoms with E-state index in [9.17, 15) is 4.79 Å². The van der Waals surface area contributed by atoms with Crippen LogP contribution >= 0.6 is 35.6 Å². The van der Waals surface area contributed by atoms with Crippen molar-refractivity contribution in [1.29, 1.82) is 0 Å². The molecular formula is C12H16ClN3OS2. The maximum absolute atomic E-state index is 11.8. The molecule has 0 unspecified atom stereocenters. The topological polar surface area (TPSA) is 45.2 Å². The maximum atomic E-state index is 11.8. The standard InChI is InChI=1S/C12H16ClN3OS2/c1-3-16(4-2)12(18)19-8-10(17)15-9-6-5-7-14-11(9)13/h5-7H,3-4,8H2,1-2H3,(H,15,17). The van der Waals surface area contributed by atoms with Crippen molar-refractivity contribution in [2.24, 2.45) is 0 Å². The van der Waals surface area contributed by atoms with Crippen molar-refractivity contribution in [1.82, 2.24) is 9.88 Å². The summed E-state index contributed by atoms with van der Waals surface area (Å²) in [5, 5.41) is 2.99. The highest BCUT2D eigenvalue weighted by molar-refractivity contribution is 8.23. The number of carbonyl (C=O) groups excluding carboxylic acids is 1. The first-order valence-electron chi connectivity index (χ1n) is 5.90. The van der Waals surface area contributed by atoms with Gasteiger partial charge < -0.3 is 10.2 Å². The molecule has 1 heterocycles. The Bertz CT molecular complexity index is 452. The lowest BCUT2D eigenvalue weighted by atomic mass is 10.4. The minimum Gasteiger partial charge on any atom is -0.358 e. The normalized spacial score (nSPS) is 10.1. The molecule has 1 rings (SSSR count). The molecule has 0 atom stereocenters. The van der Waals surface area contributed by atoms with Gasteiger partial charge in [0.15, 0.2) is 5.15 Å². The molecule has 0 aliphatic carbocycles. The molecule has 1 aromatic rings. The fourth-order valence-corrected chi connectivity index (χ4v) is 2.74. The maximum Gasteiger partial charge on any atom is 0.234 e. The summed E-state index contributed by atoms with van der Waals surface area (Å²) < 4.78 is 0.734. The highest BCUT2D eigenvalue weighted by Gasteiger charge is 2.10. The van der Waals surface area contributed by atoms with E-state index in [4.69, 9.17) is 23.8 Å². The average Bonchev–Trinajstić information content (AvgIpc) is 2.40. The molecule has 0 aromatic carbocycles. The van der Waals surface area contributed by atoms with Gasteiger partial charge in [-0.1, -0.05) is 35.6 Å². The number of rotatable bonds is 5. The Hall–Kier alpha value is -0.850. The van der Waals surface area contributed by atoms with Gasteiger partial charge in [0.1, 0.15) is 4.32 Å². The molecule has 0 aliphatic rings. The van der Waals surface area contributed by atoms with E-state index in [-0.39, 0.29) is 16.8 Å². The van der Waals surface area contributed by atoms with E-state index in [2.05, 4.69) is 10.3 Å². The van der Waals surface area contributed by atoms with Gasteiger partial charge in [0.05, 0.1) is 11.4 Å². The van der Waals surface area contributed by atoms with Gasteiger partial charge in [0.25, 0.3) is 0 Å². The van der Waals surface area contributed by atoms with Crippen LogP contribution in [0.5, 0.6) is 0 Å². The van der Waals surface area contributed by atoms with Crippen LogP contribution in [0.15, 0.2) is 18.3 Å². The fourth-order valence-electron chi connectivity index (χ4n) is 1.37. The van der Waals surface area contributed by atoms with Crippen LogP contribution in [0.4, 0.5) is 5.69 Å². The van der Waals surface area contributed by atoms with Crippen molar-refractivity contribution in [3.63, 3.8) is 0 Å². The molecule has 1 N–H and O–H groups in total. The summed E-state index contributed by atoms with van der Waals surface area (Å²) >= 11 is 12.5. The predicted molar refractivity (Wildman–Crippen MR) is 85.9 cm³/mol. The molecule has 0 saturated heterocycles. The number of hydrogen-bond donors (Lipinski definition) is 1. The Morgan fingerprint density at radius 1 is 1.53 bits per heavy atom. The zero-order valence-electron chi connectivity index (χ0n) is 10.9. The number of nitrogens with zero attached hydrogens (tertiary/aromatic N) is 2. The van der Waals surface area contributed by atoms with Crippen LogP contribution in [-0.2, 0) is 4.79 Å². The quantitative estimate of drug-likeness (QED) is 0.668. The third-order valence-corrected chi connectivity index (χ3v) is 4.21. The Labute approximate surface area is 127 Å². The molecule has 0 aliphatic heterocycles. The van der Waals surface area contributed by atoms with Gasteiger partial charge in [0, 0.05) is 19.3 Å². The molecule has 1 amide bonds. The van der Waals surface area contributed by atoms with Crippen LogP contribution in [0.2, 0.25) is 5.15 Å². The van der Waals surface area contributed by atoms with Crippen LogP contribution in [0.3, 0.4) is 0 Å². The highest BCUT2D eigenvalue weighted by Crippen LogP contribution is 2.18. The number of thioether (sulfide) groups is 1.